The molecule has 19 heavy (non-hydrogen) atoms. The highest BCUT2D eigenvalue weighted by Gasteiger charge is 2.38. The first-order valence-corrected chi connectivity index (χ1v) is 5.69. The molecule has 1 heterocycles. The number of carbonyl (C=O) groups is 2. The largest absolute Gasteiger partial charge is 0.480 e. The minimum absolute atomic E-state index is 0.501. The topological polar surface area (TPSA) is 83.6 Å². The number of amides is 1. The molecule has 0 fully saturated rings. The van der Waals surface area contributed by atoms with Crippen LogP contribution in [0, 0.1) is 5.41 Å². The van der Waals surface area contributed by atoms with E-state index in [0.717, 1.165) is 0 Å². The number of rotatable bonds is 3. The molecular weight excluding hydrogens is 248 g/mol. The summed E-state index contributed by atoms with van der Waals surface area (Å²) in [4.78, 5) is 28.6. The van der Waals surface area contributed by atoms with Crippen LogP contribution in [-0.2, 0) is 9.59 Å². The molecule has 2 rings (SSSR count). The van der Waals surface area contributed by atoms with Crippen LogP contribution in [0.3, 0.4) is 0 Å². The van der Waals surface area contributed by atoms with Gasteiger partial charge >= 0.3 is 5.97 Å². The smallest absolute Gasteiger partial charge is 0.318 e. The van der Waals surface area contributed by atoms with E-state index in [2.05, 4.69) is 4.98 Å². The van der Waals surface area contributed by atoms with Crippen molar-refractivity contribution in [3.8, 4) is 0 Å². The van der Waals surface area contributed by atoms with Crippen LogP contribution in [0.25, 0.3) is 11.1 Å². The predicted octanol–water partition coefficient (Wildman–Crippen LogP) is 1.90. The van der Waals surface area contributed by atoms with Gasteiger partial charge in [-0.2, -0.15) is 0 Å². The van der Waals surface area contributed by atoms with Crippen LogP contribution < -0.4 is 4.90 Å². The van der Waals surface area contributed by atoms with E-state index < -0.39 is 17.3 Å². The molecule has 0 aliphatic carbocycles. The summed E-state index contributed by atoms with van der Waals surface area (Å²) in [6, 6.07) is 5.06. The first-order chi connectivity index (χ1) is 8.84. The molecule has 6 nitrogen and oxygen atoms in total. The number of fused-ring (bicyclic) bond motifs is 1. The molecule has 0 aliphatic heterocycles. The highest BCUT2D eigenvalue weighted by atomic mass is 16.4. The number of hydrogen-bond acceptors (Lipinski definition) is 4. The Morgan fingerprint density at radius 1 is 1.37 bits per heavy atom. The summed E-state index contributed by atoms with van der Waals surface area (Å²) in [6.45, 7) is 2.75. The van der Waals surface area contributed by atoms with E-state index in [0.29, 0.717) is 16.8 Å². The van der Waals surface area contributed by atoms with Crippen LogP contribution in [0.1, 0.15) is 13.8 Å². The Balaban J connectivity index is 2.35. The molecule has 0 unspecified atom stereocenters. The lowest BCUT2D eigenvalue weighted by atomic mass is 9.92. The first-order valence-electron chi connectivity index (χ1n) is 5.69. The molecule has 2 aromatic rings. The maximum Gasteiger partial charge on any atom is 0.318 e. The molecule has 6 heteroatoms. The first kappa shape index (κ1) is 13.1. The zero-order valence-corrected chi connectivity index (χ0v) is 10.9. The van der Waals surface area contributed by atoms with Gasteiger partial charge in [0.2, 0.25) is 5.91 Å². The number of aliphatic carboxylic acids is 1. The number of oxazole rings is 1. The van der Waals surface area contributed by atoms with Crippen LogP contribution in [0.4, 0.5) is 5.69 Å². The Labute approximate surface area is 109 Å². The van der Waals surface area contributed by atoms with Crippen molar-refractivity contribution < 1.29 is 19.1 Å². The van der Waals surface area contributed by atoms with E-state index in [9.17, 15) is 9.59 Å². The fraction of sp³-hybridized carbons (Fsp3) is 0.308. The van der Waals surface area contributed by atoms with Crippen molar-refractivity contribution in [1.82, 2.24) is 4.98 Å². The molecule has 1 N–H and O–H groups in total. The molecule has 0 atom stereocenters. The lowest BCUT2D eigenvalue weighted by Crippen LogP contribution is -2.43. The van der Waals surface area contributed by atoms with Gasteiger partial charge in [-0.05, 0) is 26.0 Å². The third-order valence-electron chi connectivity index (χ3n) is 3.08. The number of nitrogens with zero attached hydrogens (tertiary/aromatic N) is 2. The fourth-order valence-electron chi connectivity index (χ4n) is 1.68. The molecule has 0 radical (unpaired) electrons. The van der Waals surface area contributed by atoms with Gasteiger partial charge in [-0.25, -0.2) is 4.98 Å². The van der Waals surface area contributed by atoms with Crippen LogP contribution >= 0.6 is 0 Å². The van der Waals surface area contributed by atoms with Gasteiger partial charge in [0.1, 0.15) is 10.9 Å². The Hall–Kier alpha value is -2.37. The van der Waals surface area contributed by atoms with E-state index in [4.69, 9.17) is 9.52 Å². The van der Waals surface area contributed by atoms with Crippen molar-refractivity contribution in [1.29, 1.82) is 0 Å². The number of hydrogen-bond donors (Lipinski definition) is 1. The second kappa shape index (κ2) is 4.38. The Bertz CT molecular complexity index is 645. The summed E-state index contributed by atoms with van der Waals surface area (Å²) < 4.78 is 5.16. The number of anilines is 1. The SMILES string of the molecule is CN(C(=O)C(C)(C)C(=O)O)c1ccc2ncoc2c1. The summed E-state index contributed by atoms with van der Waals surface area (Å²) in [5.41, 5.74) is 0.307. The third-order valence-corrected chi connectivity index (χ3v) is 3.08. The summed E-state index contributed by atoms with van der Waals surface area (Å²) in [5.74, 6) is -1.66. The monoisotopic (exact) mass is 262 g/mol. The lowest BCUT2D eigenvalue weighted by Gasteiger charge is -2.25. The maximum absolute atomic E-state index is 12.2. The van der Waals surface area contributed by atoms with Crippen molar-refractivity contribution in [3.05, 3.63) is 24.6 Å². The summed E-state index contributed by atoms with van der Waals surface area (Å²) in [6.07, 6.45) is 1.32. The van der Waals surface area contributed by atoms with Gasteiger partial charge in [0.05, 0.1) is 0 Å². The third kappa shape index (κ3) is 2.16. The number of aromatic nitrogens is 1. The molecule has 1 aromatic carbocycles. The zero-order valence-electron chi connectivity index (χ0n) is 10.9. The van der Waals surface area contributed by atoms with Gasteiger partial charge in [-0.3, -0.25) is 9.59 Å². The van der Waals surface area contributed by atoms with Crippen LogP contribution in [0.5, 0.6) is 0 Å². The number of benzene rings is 1. The molecule has 0 aliphatic rings. The second-order valence-corrected chi connectivity index (χ2v) is 4.80. The second-order valence-electron chi connectivity index (χ2n) is 4.80. The van der Waals surface area contributed by atoms with Crippen molar-refractivity contribution in [3.63, 3.8) is 0 Å². The molecule has 100 valence electrons. The van der Waals surface area contributed by atoms with Crippen molar-refractivity contribution in [2.24, 2.45) is 5.41 Å². The summed E-state index contributed by atoms with van der Waals surface area (Å²) in [7, 11) is 1.53. The van der Waals surface area contributed by atoms with Crippen LogP contribution in [0.2, 0.25) is 0 Å². The Morgan fingerprint density at radius 2 is 2.05 bits per heavy atom. The maximum atomic E-state index is 12.2. The Morgan fingerprint density at radius 3 is 2.68 bits per heavy atom. The molecule has 0 saturated carbocycles. The number of carbonyl (C=O) groups excluding carboxylic acids is 1. The zero-order chi connectivity index (χ0) is 14.2. The average molecular weight is 262 g/mol. The Kier molecular flexibility index (Phi) is 3.01. The summed E-state index contributed by atoms with van der Waals surface area (Å²) >= 11 is 0. The van der Waals surface area contributed by atoms with E-state index >= 15 is 0 Å². The number of carboxylic acid groups (broad SMARTS) is 1. The van der Waals surface area contributed by atoms with Crippen LogP contribution in [-0.4, -0.2) is 29.0 Å². The highest BCUT2D eigenvalue weighted by Crippen LogP contribution is 2.25. The quantitative estimate of drug-likeness (QED) is 0.854. The average Bonchev–Trinajstić information content (AvgIpc) is 2.83. The minimum Gasteiger partial charge on any atom is -0.480 e. The normalized spacial score (nSPS) is 11.5. The van der Waals surface area contributed by atoms with E-state index in [1.54, 1.807) is 18.2 Å². The van der Waals surface area contributed by atoms with Gasteiger partial charge in [-0.15, -0.1) is 0 Å². The van der Waals surface area contributed by atoms with E-state index in [1.807, 2.05) is 0 Å². The lowest BCUT2D eigenvalue weighted by molar-refractivity contribution is -0.152. The highest BCUT2D eigenvalue weighted by molar-refractivity contribution is 6.09. The predicted molar refractivity (Wildman–Crippen MR) is 68.8 cm³/mol. The van der Waals surface area contributed by atoms with E-state index in [-0.39, 0.29) is 0 Å². The molecule has 1 aromatic heterocycles. The molecular formula is C13H14N2O4. The fourth-order valence-corrected chi connectivity index (χ4v) is 1.68. The van der Waals surface area contributed by atoms with Crippen molar-refractivity contribution in [2.45, 2.75) is 13.8 Å². The minimum atomic E-state index is -1.48. The molecule has 0 spiro atoms. The summed E-state index contributed by atoms with van der Waals surface area (Å²) in [5, 5.41) is 9.07. The van der Waals surface area contributed by atoms with Crippen LogP contribution in [0.15, 0.2) is 29.0 Å². The molecule has 0 saturated heterocycles. The molecule has 0 bridgehead atoms. The van der Waals surface area contributed by atoms with Gasteiger partial charge in [0.25, 0.3) is 0 Å². The van der Waals surface area contributed by atoms with E-state index in [1.165, 1.54) is 32.2 Å². The van der Waals surface area contributed by atoms with Crippen molar-refractivity contribution in [2.75, 3.05) is 11.9 Å². The molecule has 1 amide bonds. The standard InChI is InChI=1S/C13H14N2O4/c1-13(2,12(17)18)11(16)15(3)8-4-5-9-10(6-8)19-7-14-9/h4-7H,1-3H3,(H,17,18). The van der Waals surface area contributed by atoms with Gasteiger partial charge in [0.15, 0.2) is 12.0 Å². The van der Waals surface area contributed by atoms with Crippen molar-refractivity contribution >= 4 is 28.7 Å². The van der Waals surface area contributed by atoms with Gasteiger partial charge < -0.3 is 14.4 Å². The number of carboxylic acids is 1. The van der Waals surface area contributed by atoms with Gasteiger partial charge in [-0.1, -0.05) is 0 Å². The van der Waals surface area contributed by atoms with Gasteiger partial charge in [0, 0.05) is 18.8 Å².